The van der Waals surface area contributed by atoms with Crippen LogP contribution in [0.4, 0.5) is 0 Å². The predicted molar refractivity (Wildman–Crippen MR) is 45.8 cm³/mol. The first-order valence-electron chi connectivity index (χ1n) is 4.71. The molecule has 66 valence electrons. The van der Waals surface area contributed by atoms with E-state index in [0.29, 0.717) is 5.92 Å². The van der Waals surface area contributed by atoms with Crippen LogP contribution < -0.4 is 0 Å². The van der Waals surface area contributed by atoms with Gasteiger partial charge in [-0.2, -0.15) is 0 Å². The Kier molecular flexibility index (Phi) is 1.91. The number of hydrogen-bond donors (Lipinski definition) is 1. The van der Waals surface area contributed by atoms with E-state index in [-0.39, 0.29) is 0 Å². The highest BCUT2D eigenvalue weighted by Gasteiger charge is 2.37. The molecule has 1 N–H and O–H groups in total. The molecule has 12 heavy (non-hydrogen) atoms. The zero-order valence-electron chi connectivity index (χ0n) is 7.12. The van der Waals surface area contributed by atoms with Crippen molar-refractivity contribution >= 4 is 5.97 Å². The average Bonchev–Trinajstić information content (AvgIpc) is 2.00. The highest BCUT2D eigenvalue weighted by molar-refractivity contribution is 5.81. The van der Waals surface area contributed by atoms with Crippen molar-refractivity contribution in [3.8, 4) is 0 Å². The molecular weight excluding hydrogens is 152 g/mol. The standard InChI is InChI=1S/C10H14O2/c11-10(12)6-8-5-7-3-1-2-4-9(7)8/h6-7,9H,1-5H2,(H,11,12)/b8-6+. The monoisotopic (exact) mass is 166 g/mol. The van der Waals surface area contributed by atoms with E-state index in [2.05, 4.69) is 0 Å². The van der Waals surface area contributed by atoms with Gasteiger partial charge in [-0.15, -0.1) is 0 Å². The smallest absolute Gasteiger partial charge is 0.328 e. The number of fused-ring (bicyclic) bond motifs is 1. The lowest BCUT2D eigenvalue weighted by Gasteiger charge is -2.43. The summed E-state index contributed by atoms with van der Waals surface area (Å²) < 4.78 is 0. The first-order valence-corrected chi connectivity index (χ1v) is 4.71. The lowest BCUT2D eigenvalue weighted by molar-refractivity contribution is -0.131. The maximum Gasteiger partial charge on any atom is 0.328 e. The van der Waals surface area contributed by atoms with Gasteiger partial charge < -0.3 is 5.11 Å². The molecule has 0 spiro atoms. The van der Waals surface area contributed by atoms with E-state index in [0.717, 1.165) is 12.3 Å². The molecule has 2 saturated carbocycles. The van der Waals surface area contributed by atoms with Crippen LogP contribution in [0.2, 0.25) is 0 Å². The van der Waals surface area contributed by atoms with E-state index in [9.17, 15) is 4.79 Å². The van der Waals surface area contributed by atoms with Crippen molar-refractivity contribution in [3.05, 3.63) is 11.6 Å². The van der Waals surface area contributed by atoms with Gasteiger partial charge in [0.15, 0.2) is 0 Å². The lowest BCUT2D eigenvalue weighted by Crippen LogP contribution is -2.32. The first kappa shape index (κ1) is 7.84. The molecule has 2 atom stereocenters. The van der Waals surface area contributed by atoms with Crippen molar-refractivity contribution < 1.29 is 9.90 Å². The van der Waals surface area contributed by atoms with Gasteiger partial charge in [0.05, 0.1) is 0 Å². The predicted octanol–water partition coefficient (Wildman–Crippen LogP) is 2.21. The molecule has 0 aliphatic heterocycles. The van der Waals surface area contributed by atoms with Gasteiger partial charge in [-0.25, -0.2) is 4.79 Å². The summed E-state index contributed by atoms with van der Waals surface area (Å²) in [5.74, 6) is 0.688. The fourth-order valence-electron chi connectivity index (χ4n) is 2.56. The molecule has 2 nitrogen and oxygen atoms in total. The molecule has 0 saturated heterocycles. The highest BCUT2D eigenvalue weighted by Crippen LogP contribution is 2.48. The largest absolute Gasteiger partial charge is 0.478 e. The van der Waals surface area contributed by atoms with Crippen LogP contribution >= 0.6 is 0 Å². The summed E-state index contributed by atoms with van der Waals surface area (Å²) >= 11 is 0. The summed E-state index contributed by atoms with van der Waals surface area (Å²) in [7, 11) is 0. The lowest BCUT2D eigenvalue weighted by atomic mass is 9.62. The second kappa shape index (κ2) is 2.92. The molecule has 2 rings (SSSR count). The summed E-state index contributed by atoms with van der Waals surface area (Å²) in [6.45, 7) is 0. The van der Waals surface area contributed by atoms with Gasteiger partial charge in [-0.3, -0.25) is 0 Å². The Balaban J connectivity index is 2.01. The molecule has 2 heteroatoms. The first-order chi connectivity index (χ1) is 5.77. The molecule has 2 fully saturated rings. The molecule has 2 aliphatic carbocycles. The molecule has 2 unspecified atom stereocenters. The molecule has 0 aromatic rings. The minimum absolute atomic E-state index is 0.634. The van der Waals surface area contributed by atoms with Gasteiger partial charge in [0, 0.05) is 6.08 Å². The number of rotatable bonds is 1. The fourth-order valence-corrected chi connectivity index (χ4v) is 2.56. The molecule has 0 amide bonds. The number of allylic oxidation sites excluding steroid dienone is 1. The number of aliphatic carboxylic acids is 1. The topological polar surface area (TPSA) is 37.3 Å². The molecule has 0 heterocycles. The van der Waals surface area contributed by atoms with E-state index < -0.39 is 5.97 Å². The Hall–Kier alpha value is -0.790. The third-order valence-electron chi connectivity index (χ3n) is 3.19. The van der Waals surface area contributed by atoms with Gasteiger partial charge in [-0.1, -0.05) is 18.4 Å². The van der Waals surface area contributed by atoms with Crippen LogP contribution in [0.1, 0.15) is 32.1 Å². The summed E-state index contributed by atoms with van der Waals surface area (Å²) in [6.07, 6.45) is 7.66. The van der Waals surface area contributed by atoms with E-state index in [1.54, 1.807) is 0 Å². The molecule has 0 radical (unpaired) electrons. The maximum absolute atomic E-state index is 10.4. The molecular formula is C10H14O2. The second-order valence-electron chi connectivity index (χ2n) is 3.91. The van der Waals surface area contributed by atoms with Crippen molar-refractivity contribution in [1.29, 1.82) is 0 Å². The minimum atomic E-state index is -0.769. The second-order valence-corrected chi connectivity index (χ2v) is 3.91. The van der Waals surface area contributed by atoms with Crippen molar-refractivity contribution in [3.63, 3.8) is 0 Å². The number of carbonyl (C=O) groups is 1. The van der Waals surface area contributed by atoms with E-state index in [4.69, 9.17) is 5.11 Å². The molecule has 0 aromatic carbocycles. The van der Waals surface area contributed by atoms with E-state index in [1.165, 1.54) is 37.3 Å². The van der Waals surface area contributed by atoms with Gasteiger partial charge >= 0.3 is 5.97 Å². The van der Waals surface area contributed by atoms with Crippen molar-refractivity contribution in [2.75, 3.05) is 0 Å². The quantitative estimate of drug-likeness (QED) is 0.606. The number of carboxylic acids is 1. The van der Waals surface area contributed by atoms with E-state index in [1.807, 2.05) is 0 Å². The fraction of sp³-hybridized carbons (Fsp3) is 0.700. The zero-order chi connectivity index (χ0) is 8.55. The molecule has 2 aliphatic rings. The Morgan fingerprint density at radius 1 is 1.42 bits per heavy atom. The normalized spacial score (nSPS) is 37.2. The zero-order valence-corrected chi connectivity index (χ0v) is 7.12. The van der Waals surface area contributed by atoms with Crippen LogP contribution in [0.5, 0.6) is 0 Å². The van der Waals surface area contributed by atoms with Crippen LogP contribution in [0.15, 0.2) is 11.6 Å². The maximum atomic E-state index is 10.4. The van der Waals surface area contributed by atoms with Gasteiger partial charge in [0.2, 0.25) is 0 Å². The third kappa shape index (κ3) is 1.26. The Labute approximate surface area is 72.3 Å². The van der Waals surface area contributed by atoms with Crippen molar-refractivity contribution in [2.24, 2.45) is 11.8 Å². The summed E-state index contributed by atoms with van der Waals surface area (Å²) in [5, 5.41) is 8.56. The summed E-state index contributed by atoms with van der Waals surface area (Å²) in [4.78, 5) is 10.4. The van der Waals surface area contributed by atoms with Crippen molar-refractivity contribution in [1.82, 2.24) is 0 Å². The molecule has 0 bridgehead atoms. The minimum Gasteiger partial charge on any atom is -0.478 e. The SMILES string of the molecule is O=C(O)/C=C1\CC2CCCCC12. The van der Waals surface area contributed by atoms with Crippen LogP contribution in [0.25, 0.3) is 0 Å². The van der Waals surface area contributed by atoms with E-state index >= 15 is 0 Å². The van der Waals surface area contributed by atoms with Crippen LogP contribution in [0.3, 0.4) is 0 Å². The van der Waals surface area contributed by atoms with Crippen LogP contribution in [-0.2, 0) is 4.79 Å². The summed E-state index contributed by atoms with van der Waals surface area (Å²) in [6, 6.07) is 0. The number of carboxylic acid groups (broad SMARTS) is 1. The molecule has 0 aromatic heterocycles. The van der Waals surface area contributed by atoms with Gasteiger partial charge in [0.25, 0.3) is 0 Å². The Morgan fingerprint density at radius 2 is 2.17 bits per heavy atom. The van der Waals surface area contributed by atoms with Crippen LogP contribution in [-0.4, -0.2) is 11.1 Å². The Morgan fingerprint density at radius 3 is 2.83 bits per heavy atom. The van der Waals surface area contributed by atoms with Gasteiger partial charge in [-0.05, 0) is 31.1 Å². The van der Waals surface area contributed by atoms with Crippen molar-refractivity contribution in [2.45, 2.75) is 32.1 Å². The average molecular weight is 166 g/mol. The third-order valence-corrected chi connectivity index (χ3v) is 3.19. The van der Waals surface area contributed by atoms with Gasteiger partial charge in [0.1, 0.15) is 0 Å². The number of hydrogen-bond acceptors (Lipinski definition) is 1. The van der Waals surface area contributed by atoms with Crippen LogP contribution in [0, 0.1) is 11.8 Å². The summed E-state index contributed by atoms with van der Waals surface area (Å²) in [5.41, 5.74) is 1.19. The Bertz CT molecular complexity index is 230. The highest BCUT2D eigenvalue weighted by atomic mass is 16.4.